The molecule has 0 radical (unpaired) electrons. The summed E-state index contributed by atoms with van der Waals surface area (Å²) in [6.07, 6.45) is 0.408. The summed E-state index contributed by atoms with van der Waals surface area (Å²) in [6.45, 7) is 0.614. The molecule has 1 aliphatic heterocycles. The molecule has 0 aliphatic carbocycles. The lowest BCUT2D eigenvalue weighted by Gasteiger charge is -2.18. The van der Waals surface area contributed by atoms with Crippen LogP contribution in [-0.2, 0) is 4.79 Å². The number of hydrogen-bond donors (Lipinski definition) is 1. The average Bonchev–Trinajstić information content (AvgIpc) is 2.60. The van der Waals surface area contributed by atoms with Crippen LogP contribution in [0.3, 0.4) is 0 Å². The zero-order valence-electron chi connectivity index (χ0n) is 8.49. The molecule has 16 heavy (non-hydrogen) atoms. The number of aliphatic hydroxyl groups excluding tert-OH is 1. The molecule has 3 nitrogen and oxygen atoms in total. The fourth-order valence-electron chi connectivity index (χ4n) is 1.84. The SMILES string of the molecule is O=C1CC(CO)CN1c1ccc(Cl)cc1Br. The van der Waals surface area contributed by atoms with Crippen LogP contribution in [0.4, 0.5) is 5.69 Å². The molecule has 1 aliphatic rings. The number of nitrogens with zero attached hydrogens (tertiary/aromatic N) is 1. The Bertz CT molecular complexity index is 424. The zero-order valence-corrected chi connectivity index (χ0v) is 10.8. The number of hydrogen-bond acceptors (Lipinski definition) is 2. The number of carbonyl (C=O) groups excluding carboxylic acids is 1. The molecule has 0 saturated carbocycles. The van der Waals surface area contributed by atoms with E-state index >= 15 is 0 Å². The average molecular weight is 305 g/mol. The second kappa shape index (κ2) is 4.73. The largest absolute Gasteiger partial charge is 0.396 e. The first kappa shape index (κ1) is 11.9. The summed E-state index contributed by atoms with van der Waals surface area (Å²) in [5, 5.41) is 9.68. The van der Waals surface area contributed by atoms with Gasteiger partial charge in [-0.05, 0) is 34.1 Å². The van der Waals surface area contributed by atoms with Crippen molar-refractivity contribution >= 4 is 39.1 Å². The van der Waals surface area contributed by atoms with Crippen LogP contribution in [0.15, 0.2) is 22.7 Å². The normalized spacial score (nSPS) is 20.6. The van der Waals surface area contributed by atoms with E-state index in [1.807, 2.05) is 6.07 Å². The molecule has 0 aromatic heterocycles. The van der Waals surface area contributed by atoms with Gasteiger partial charge in [-0.1, -0.05) is 11.6 Å². The summed E-state index contributed by atoms with van der Waals surface area (Å²) in [4.78, 5) is 13.4. The van der Waals surface area contributed by atoms with Crippen molar-refractivity contribution in [2.45, 2.75) is 6.42 Å². The lowest BCUT2D eigenvalue weighted by Crippen LogP contribution is -2.25. The van der Waals surface area contributed by atoms with E-state index in [4.69, 9.17) is 16.7 Å². The highest BCUT2D eigenvalue weighted by Gasteiger charge is 2.30. The minimum Gasteiger partial charge on any atom is -0.396 e. The molecule has 1 saturated heterocycles. The summed E-state index contributed by atoms with van der Waals surface area (Å²) in [5.74, 6) is 0.0807. The van der Waals surface area contributed by atoms with Crippen LogP contribution in [0.5, 0.6) is 0 Å². The van der Waals surface area contributed by atoms with Crippen LogP contribution in [0.1, 0.15) is 6.42 Å². The van der Waals surface area contributed by atoms with Gasteiger partial charge in [0.25, 0.3) is 0 Å². The zero-order chi connectivity index (χ0) is 11.7. The number of carbonyl (C=O) groups is 1. The van der Waals surface area contributed by atoms with Crippen molar-refractivity contribution in [2.24, 2.45) is 5.92 Å². The number of amides is 1. The molecular formula is C11H11BrClNO2. The summed E-state index contributed by atoms with van der Waals surface area (Å²) >= 11 is 9.23. The van der Waals surface area contributed by atoms with Crippen molar-refractivity contribution in [3.63, 3.8) is 0 Å². The summed E-state index contributed by atoms with van der Waals surface area (Å²) in [7, 11) is 0. The first-order valence-electron chi connectivity index (χ1n) is 4.98. The van der Waals surface area contributed by atoms with Gasteiger partial charge in [0.15, 0.2) is 0 Å². The van der Waals surface area contributed by atoms with Crippen LogP contribution in [-0.4, -0.2) is 24.2 Å². The van der Waals surface area contributed by atoms with Crippen molar-refractivity contribution in [2.75, 3.05) is 18.1 Å². The maximum atomic E-state index is 11.7. The number of halogens is 2. The van der Waals surface area contributed by atoms with Gasteiger partial charge in [-0.3, -0.25) is 4.79 Å². The first-order valence-corrected chi connectivity index (χ1v) is 6.15. The third-order valence-electron chi connectivity index (χ3n) is 2.66. The highest BCUT2D eigenvalue weighted by atomic mass is 79.9. The highest BCUT2D eigenvalue weighted by molar-refractivity contribution is 9.10. The molecule has 0 spiro atoms. The van der Waals surface area contributed by atoms with Gasteiger partial charge in [0.1, 0.15) is 0 Å². The smallest absolute Gasteiger partial charge is 0.227 e. The Labute approximate surface area is 107 Å². The Morgan fingerprint density at radius 3 is 2.88 bits per heavy atom. The Balaban J connectivity index is 2.28. The van der Waals surface area contributed by atoms with Gasteiger partial charge in [0.05, 0.1) is 5.69 Å². The minimum atomic E-state index is 0.0371. The first-order chi connectivity index (χ1) is 7.61. The predicted octanol–water partition coefficient (Wildman–Crippen LogP) is 2.45. The number of aliphatic hydroxyl groups is 1. The topological polar surface area (TPSA) is 40.5 Å². The number of benzene rings is 1. The van der Waals surface area contributed by atoms with Crippen LogP contribution in [0.2, 0.25) is 5.02 Å². The quantitative estimate of drug-likeness (QED) is 0.912. The van der Waals surface area contributed by atoms with Gasteiger partial charge in [-0.2, -0.15) is 0 Å². The second-order valence-electron chi connectivity index (χ2n) is 3.85. The third kappa shape index (κ3) is 2.24. The molecule has 1 N–H and O–H groups in total. The summed E-state index contributed by atoms with van der Waals surface area (Å²) < 4.78 is 0.798. The standard InChI is InChI=1S/C11H11BrClNO2/c12-9-4-8(13)1-2-10(9)14-5-7(6-15)3-11(14)16/h1-2,4,7,15H,3,5-6H2. The molecule has 1 fully saturated rings. The highest BCUT2D eigenvalue weighted by Crippen LogP contribution is 2.33. The van der Waals surface area contributed by atoms with Crippen LogP contribution >= 0.6 is 27.5 Å². The van der Waals surface area contributed by atoms with E-state index in [2.05, 4.69) is 15.9 Å². The van der Waals surface area contributed by atoms with Crippen LogP contribution in [0.25, 0.3) is 0 Å². The molecule has 1 aromatic rings. The monoisotopic (exact) mass is 303 g/mol. The second-order valence-corrected chi connectivity index (χ2v) is 5.14. The van der Waals surface area contributed by atoms with Gasteiger partial charge < -0.3 is 10.0 Å². The van der Waals surface area contributed by atoms with E-state index in [1.165, 1.54) is 0 Å². The molecule has 86 valence electrons. The van der Waals surface area contributed by atoms with E-state index in [9.17, 15) is 4.79 Å². The van der Waals surface area contributed by atoms with E-state index in [1.54, 1.807) is 17.0 Å². The molecule has 1 unspecified atom stereocenters. The maximum Gasteiger partial charge on any atom is 0.227 e. The van der Waals surface area contributed by atoms with Gasteiger partial charge >= 0.3 is 0 Å². The van der Waals surface area contributed by atoms with Gasteiger partial charge in [-0.15, -0.1) is 0 Å². The van der Waals surface area contributed by atoms with E-state index in [0.29, 0.717) is 18.0 Å². The van der Waals surface area contributed by atoms with Crippen LogP contribution in [0, 0.1) is 5.92 Å². The van der Waals surface area contributed by atoms with Crippen molar-refractivity contribution in [1.29, 1.82) is 0 Å². The molecule has 1 amide bonds. The molecule has 1 aromatic carbocycles. The predicted molar refractivity (Wildman–Crippen MR) is 66.7 cm³/mol. The molecule has 1 atom stereocenters. The fraction of sp³-hybridized carbons (Fsp3) is 0.364. The van der Waals surface area contributed by atoms with Crippen LogP contribution < -0.4 is 4.90 Å². The van der Waals surface area contributed by atoms with Crippen molar-refractivity contribution in [3.05, 3.63) is 27.7 Å². The van der Waals surface area contributed by atoms with Gasteiger partial charge in [-0.25, -0.2) is 0 Å². The Morgan fingerprint density at radius 2 is 2.31 bits per heavy atom. The number of anilines is 1. The maximum absolute atomic E-state index is 11.7. The van der Waals surface area contributed by atoms with E-state index < -0.39 is 0 Å². The van der Waals surface area contributed by atoms with E-state index in [0.717, 1.165) is 10.2 Å². The van der Waals surface area contributed by atoms with Gasteiger partial charge in [0, 0.05) is 35.0 Å². The lowest BCUT2D eigenvalue weighted by molar-refractivity contribution is -0.117. The van der Waals surface area contributed by atoms with Crippen molar-refractivity contribution in [1.82, 2.24) is 0 Å². The third-order valence-corrected chi connectivity index (χ3v) is 3.53. The molecule has 2 rings (SSSR count). The lowest BCUT2D eigenvalue weighted by atomic mass is 10.1. The van der Waals surface area contributed by atoms with Crippen molar-refractivity contribution in [3.8, 4) is 0 Å². The van der Waals surface area contributed by atoms with Gasteiger partial charge in [0.2, 0.25) is 5.91 Å². The Hall–Kier alpha value is -0.580. The van der Waals surface area contributed by atoms with E-state index in [-0.39, 0.29) is 18.4 Å². The molecule has 5 heteroatoms. The Morgan fingerprint density at radius 1 is 1.56 bits per heavy atom. The molecule has 1 heterocycles. The molecule has 0 bridgehead atoms. The fourth-order valence-corrected chi connectivity index (χ4v) is 2.73. The molecular weight excluding hydrogens is 293 g/mol. The number of rotatable bonds is 2. The van der Waals surface area contributed by atoms with Crippen molar-refractivity contribution < 1.29 is 9.90 Å². The Kier molecular flexibility index (Phi) is 3.52. The summed E-state index contributed by atoms with van der Waals surface area (Å²) in [6, 6.07) is 5.32. The minimum absolute atomic E-state index is 0.0371. The summed E-state index contributed by atoms with van der Waals surface area (Å²) in [5.41, 5.74) is 0.811.